The number of amides is 1. The van der Waals surface area contributed by atoms with Crippen LogP contribution in [0.25, 0.3) is 0 Å². The summed E-state index contributed by atoms with van der Waals surface area (Å²) >= 11 is 0. The number of carbonyl (C=O) groups excluding carboxylic acids is 1. The van der Waals surface area contributed by atoms with Gasteiger partial charge in [0.15, 0.2) is 0 Å². The predicted octanol–water partition coefficient (Wildman–Crippen LogP) is -0.0975. The van der Waals surface area contributed by atoms with Crippen molar-refractivity contribution in [2.45, 2.75) is 6.92 Å². The molecule has 1 amide bonds. The first-order chi connectivity index (χ1) is 6.98. The van der Waals surface area contributed by atoms with Crippen LogP contribution in [0.1, 0.15) is 6.92 Å². The van der Waals surface area contributed by atoms with Crippen molar-refractivity contribution < 1.29 is 28.0 Å². The lowest BCUT2D eigenvalue weighted by atomic mass is 10.6. The lowest BCUT2D eigenvalue weighted by molar-refractivity contribution is -0.119. The van der Waals surface area contributed by atoms with Crippen LogP contribution < -0.4 is 5.32 Å². The molecule has 2 N–H and O–H groups in total. The van der Waals surface area contributed by atoms with Crippen LogP contribution in [0.4, 0.5) is 0 Å². The van der Waals surface area contributed by atoms with Gasteiger partial charge in [0.25, 0.3) is 0 Å². The Morgan fingerprint density at radius 2 is 2.07 bits per heavy atom. The Hall–Kier alpha value is -0.460. The molecule has 0 aliphatic heterocycles. The van der Waals surface area contributed by atoms with Crippen LogP contribution >= 0.6 is 7.82 Å². The molecule has 8 heteroatoms. The molecule has 0 rings (SSSR count). The largest absolute Gasteiger partial charge is 0.471 e. The smallest absolute Gasteiger partial charge is 0.377 e. The molecule has 0 aromatic heterocycles. The molecule has 0 saturated carbocycles. The molecule has 1 unspecified atom stereocenters. The van der Waals surface area contributed by atoms with E-state index in [2.05, 4.69) is 14.4 Å². The number of nitrogens with one attached hydrogen (secondary N) is 1. The molecule has 0 aliphatic carbocycles. The topological polar surface area (TPSA) is 94.1 Å². The Kier molecular flexibility index (Phi) is 7.54. The molecule has 0 bridgehead atoms. The minimum atomic E-state index is -3.89. The van der Waals surface area contributed by atoms with E-state index in [0.29, 0.717) is 13.2 Å². The van der Waals surface area contributed by atoms with Gasteiger partial charge in [0.1, 0.15) is 0 Å². The average Bonchev–Trinajstić information content (AvgIpc) is 2.16. The Morgan fingerprint density at radius 1 is 1.40 bits per heavy atom. The minimum Gasteiger partial charge on any atom is -0.377 e. The predicted molar refractivity (Wildman–Crippen MR) is 52.3 cm³/mol. The van der Waals surface area contributed by atoms with Crippen molar-refractivity contribution in [1.29, 1.82) is 0 Å². The van der Waals surface area contributed by atoms with Crippen LogP contribution in [0.5, 0.6) is 0 Å². The third-order valence-electron chi connectivity index (χ3n) is 1.33. The van der Waals surface area contributed by atoms with E-state index < -0.39 is 7.82 Å². The summed E-state index contributed by atoms with van der Waals surface area (Å²) in [7, 11) is -2.81. The fraction of sp³-hybridized carbons (Fsp3) is 0.857. The first-order valence-corrected chi connectivity index (χ1v) is 5.83. The van der Waals surface area contributed by atoms with E-state index >= 15 is 0 Å². The van der Waals surface area contributed by atoms with Crippen molar-refractivity contribution in [1.82, 2.24) is 5.32 Å². The summed E-state index contributed by atoms with van der Waals surface area (Å²) in [5, 5.41) is 2.53. The van der Waals surface area contributed by atoms with Crippen LogP contribution in [0.2, 0.25) is 0 Å². The fourth-order valence-electron chi connectivity index (χ4n) is 0.666. The van der Waals surface area contributed by atoms with Gasteiger partial charge in [0.2, 0.25) is 5.91 Å². The van der Waals surface area contributed by atoms with Gasteiger partial charge in [-0.3, -0.25) is 13.8 Å². The summed E-state index contributed by atoms with van der Waals surface area (Å²) in [6.45, 7) is 2.25. The Balaban J connectivity index is 3.25. The Bertz CT molecular complexity index is 234. The summed E-state index contributed by atoms with van der Waals surface area (Å²) < 4.78 is 24.4. The van der Waals surface area contributed by atoms with Gasteiger partial charge in [0, 0.05) is 20.6 Å². The number of hydrogen-bond donors (Lipinski definition) is 2. The first-order valence-electron chi connectivity index (χ1n) is 4.33. The first kappa shape index (κ1) is 14.5. The number of hydrogen-bond acceptors (Lipinski definition) is 5. The minimum absolute atomic E-state index is 0.0400. The summed E-state index contributed by atoms with van der Waals surface area (Å²) in [4.78, 5) is 19.2. The highest BCUT2D eigenvalue weighted by atomic mass is 31.2. The third-order valence-corrected chi connectivity index (χ3v) is 2.30. The summed E-state index contributed by atoms with van der Waals surface area (Å²) in [6, 6.07) is 0. The standard InChI is InChI=1S/C7H16NO6P/c1-7(9)8-3-4-13-5-6-14-15(10,11)12-2/h3-6H2,1-2H3,(H,8,9)(H,10,11). The van der Waals surface area contributed by atoms with Crippen molar-refractivity contribution in [2.75, 3.05) is 33.5 Å². The van der Waals surface area contributed by atoms with Gasteiger partial charge in [-0.2, -0.15) is 0 Å². The van der Waals surface area contributed by atoms with E-state index in [1.54, 1.807) is 0 Å². The molecule has 0 saturated heterocycles. The number of ether oxygens (including phenoxy) is 1. The fourth-order valence-corrected chi connectivity index (χ4v) is 1.08. The van der Waals surface area contributed by atoms with Gasteiger partial charge in [-0.1, -0.05) is 0 Å². The van der Waals surface area contributed by atoms with Crippen molar-refractivity contribution in [3.8, 4) is 0 Å². The molecule has 0 fully saturated rings. The second-order valence-electron chi connectivity index (χ2n) is 2.58. The molecule has 90 valence electrons. The molecule has 15 heavy (non-hydrogen) atoms. The van der Waals surface area contributed by atoms with Crippen molar-refractivity contribution >= 4 is 13.7 Å². The summed E-state index contributed by atoms with van der Waals surface area (Å²) in [6.07, 6.45) is 0. The molecule has 0 heterocycles. The molecule has 0 aromatic rings. The molecule has 0 aromatic carbocycles. The number of phosphoric acid groups is 1. The normalized spacial score (nSPS) is 14.6. The van der Waals surface area contributed by atoms with E-state index in [9.17, 15) is 9.36 Å². The van der Waals surface area contributed by atoms with Gasteiger partial charge in [-0.25, -0.2) is 4.57 Å². The maximum absolute atomic E-state index is 10.8. The van der Waals surface area contributed by atoms with E-state index in [0.717, 1.165) is 7.11 Å². The molecular formula is C7H16NO6P. The van der Waals surface area contributed by atoms with Gasteiger partial charge >= 0.3 is 7.82 Å². The number of carbonyl (C=O) groups is 1. The molecule has 0 aliphatic rings. The zero-order valence-corrected chi connectivity index (χ0v) is 9.66. The van der Waals surface area contributed by atoms with Gasteiger partial charge in [-0.15, -0.1) is 0 Å². The molecule has 0 spiro atoms. The van der Waals surface area contributed by atoms with Gasteiger partial charge in [0.05, 0.1) is 19.8 Å². The van der Waals surface area contributed by atoms with Crippen LogP contribution in [-0.4, -0.2) is 44.3 Å². The monoisotopic (exact) mass is 241 g/mol. The molecule has 7 nitrogen and oxygen atoms in total. The van der Waals surface area contributed by atoms with Crippen LogP contribution in [0.15, 0.2) is 0 Å². The maximum atomic E-state index is 10.8. The highest BCUT2D eigenvalue weighted by Crippen LogP contribution is 2.41. The van der Waals surface area contributed by atoms with Gasteiger partial charge < -0.3 is 14.9 Å². The Labute approximate surface area is 88.3 Å². The molecule has 0 radical (unpaired) electrons. The highest BCUT2D eigenvalue weighted by molar-refractivity contribution is 7.47. The van der Waals surface area contributed by atoms with E-state index in [-0.39, 0.29) is 19.1 Å². The summed E-state index contributed by atoms with van der Waals surface area (Å²) in [5.74, 6) is -0.130. The molecule has 1 atom stereocenters. The number of phosphoric ester groups is 1. The highest BCUT2D eigenvalue weighted by Gasteiger charge is 2.17. The second kappa shape index (κ2) is 7.78. The molecular weight excluding hydrogens is 225 g/mol. The lowest BCUT2D eigenvalue weighted by Crippen LogP contribution is -2.24. The van der Waals surface area contributed by atoms with E-state index in [4.69, 9.17) is 9.63 Å². The SMILES string of the molecule is COP(=O)(O)OCCOCCNC(C)=O. The average molecular weight is 241 g/mol. The zero-order valence-electron chi connectivity index (χ0n) is 8.76. The van der Waals surface area contributed by atoms with Crippen molar-refractivity contribution in [3.63, 3.8) is 0 Å². The van der Waals surface area contributed by atoms with Crippen molar-refractivity contribution in [2.24, 2.45) is 0 Å². The van der Waals surface area contributed by atoms with E-state index in [1.807, 2.05) is 0 Å². The quantitative estimate of drug-likeness (QED) is 0.455. The Morgan fingerprint density at radius 3 is 2.60 bits per heavy atom. The number of rotatable bonds is 8. The lowest BCUT2D eigenvalue weighted by Gasteiger charge is -2.09. The van der Waals surface area contributed by atoms with Crippen LogP contribution in [0, 0.1) is 0 Å². The van der Waals surface area contributed by atoms with Gasteiger partial charge in [-0.05, 0) is 0 Å². The van der Waals surface area contributed by atoms with Crippen molar-refractivity contribution in [3.05, 3.63) is 0 Å². The zero-order chi connectivity index (χ0) is 11.7. The van der Waals surface area contributed by atoms with Crippen LogP contribution in [0.3, 0.4) is 0 Å². The summed E-state index contributed by atoms with van der Waals surface area (Å²) in [5.41, 5.74) is 0. The van der Waals surface area contributed by atoms with E-state index in [1.165, 1.54) is 6.92 Å². The second-order valence-corrected chi connectivity index (χ2v) is 4.14. The van der Waals surface area contributed by atoms with Crippen LogP contribution in [-0.2, 0) is 23.1 Å². The third kappa shape index (κ3) is 9.84. The maximum Gasteiger partial charge on any atom is 0.471 e.